The topological polar surface area (TPSA) is 18.5 Å². The molecule has 2 nitrogen and oxygen atoms in total. The van der Waals surface area contributed by atoms with Gasteiger partial charge in [0.15, 0.2) is 0 Å². The number of hydrogen-bond acceptors (Lipinski definition) is 2. The molecule has 0 atom stereocenters. The van der Waals surface area contributed by atoms with E-state index < -0.39 is 0 Å². The van der Waals surface area contributed by atoms with Crippen molar-refractivity contribution < 1.29 is 9.47 Å². The largest absolute Gasteiger partial charge is 0.497 e. The fraction of sp³-hybridized carbons (Fsp3) is 0.294. The highest BCUT2D eigenvalue weighted by molar-refractivity contribution is 9.10. The van der Waals surface area contributed by atoms with Crippen LogP contribution in [0, 0.1) is 0 Å². The SMILES string of the molecule is CCCc1ccc(OCc2cc(OC)ccc2Br)cc1. The monoisotopic (exact) mass is 334 g/mol. The molecule has 0 aliphatic carbocycles. The Hall–Kier alpha value is -1.48. The first-order valence-electron chi connectivity index (χ1n) is 6.77. The number of rotatable bonds is 6. The number of ether oxygens (including phenoxy) is 2. The van der Waals surface area contributed by atoms with Gasteiger partial charge >= 0.3 is 0 Å². The van der Waals surface area contributed by atoms with Gasteiger partial charge in [0.05, 0.1) is 7.11 Å². The number of halogens is 1. The van der Waals surface area contributed by atoms with Crippen LogP contribution in [0.25, 0.3) is 0 Å². The minimum atomic E-state index is 0.519. The Balaban J connectivity index is 2.01. The predicted octanol–water partition coefficient (Wildman–Crippen LogP) is 4.99. The minimum absolute atomic E-state index is 0.519. The Morgan fingerprint density at radius 2 is 1.70 bits per heavy atom. The summed E-state index contributed by atoms with van der Waals surface area (Å²) in [6, 6.07) is 14.2. The average molecular weight is 335 g/mol. The van der Waals surface area contributed by atoms with Crippen molar-refractivity contribution in [3.05, 3.63) is 58.1 Å². The molecule has 20 heavy (non-hydrogen) atoms. The van der Waals surface area contributed by atoms with Crippen molar-refractivity contribution in [3.63, 3.8) is 0 Å². The average Bonchev–Trinajstić information content (AvgIpc) is 2.48. The van der Waals surface area contributed by atoms with E-state index in [1.807, 2.05) is 30.3 Å². The van der Waals surface area contributed by atoms with Crippen LogP contribution in [-0.4, -0.2) is 7.11 Å². The summed E-state index contributed by atoms with van der Waals surface area (Å²) in [5.74, 6) is 1.73. The van der Waals surface area contributed by atoms with Gasteiger partial charge < -0.3 is 9.47 Å². The van der Waals surface area contributed by atoms with Gasteiger partial charge in [-0.2, -0.15) is 0 Å². The number of aryl methyl sites for hydroxylation is 1. The second-order valence-electron chi connectivity index (χ2n) is 4.64. The Labute approximate surface area is 128 Å². The van der Waals surface area contributed by atoms with Gasteiger partial charge in [0, 0.05) is 10.0 Å². The lowest BCUT2D eigenvalue weighted by atomic mass is 10.1. The molecule has 0 fully saturated rings. The molecular formula is C17H19BrO2. The Morgan fingerprint density at radius 3 is 2.35 bits per heavy atom. The van der Waals surface area contributed by atoms with E-state index in [1.54, 1.807) is 7.11 Å². The molecule has 2 rings (SSSR count). The van der Waals surface area contributed by atoms with Crippen LogP contribution in [0.15, 0.2) is 46.9 Å². The standard InChI is InChI=1S/C17H19BrO2/c1-3-4-13-5-7-15(8-6-13)20-12-14-11-16(19-2)9-10-17(14)18/h5-11H,3-4,12H2,1-2H3. The zero-order chi connectivity index (χ0) is 14.4. The van der Waals surface area contributed by atoms with Crippen molar-refractivity contribution in [3.8, 4) is 11.5 Å². The van der Waals surface area contributed by atoms with Crippen molar-refractivity contribution >= 4 is 15.9 Å². The lowest BCUT2D eigenvalue weighted by Gasteiger charge is -2.10. The van der Waals surface area contributed by atoms with Crippen LogP contribution in [-0.2, 0) is 13.0 Å². The van der Waals surface area contributed by atoms with Crippen LogP contribution in [0.2, 0.25) is 0 Å². The summed E-state index contributed by atoms with van der Waals surface area (Å²) in [6.07, 6.45) is 2.28. The van der Waals surface area contributed by atoms with Gasteiger partial charge in [0.2, 0.25) is 0 Å². The van der Waals surface area contributed by atoms with Crippen molar-refractivity contribution in [2.45, 2.75) is 26.4 Å². The fourth-order valence-electron chi connectivity index (χ4n) is 1.99. The van der Waals surface area contributed by atoms with Gasteiger partial charge in [-0.3, -0.25) is 0 Å². The second-order valence-corrected chi connectivity index (χ2v) is 5.49. The van der Waals surface area contributed by atoms with Crippen molar-refractivity contribution in [1.82, 2.24) is 0 Å². The van der Waals surface area contributed by atoms with Gasteiger partial charge in [0.1, 0.15) is 18.1 Å². The third kappa shape index (κ3) is 4.01. The molecule has 2 aromatic carbocycles. The summed E-state index contributed by atoms with van der Waals surface area (Å²) >= 11 is 3.53. The molecule has 0 spiro atoms. The first-order valence-corrected chi connectivity index (χ1v) is 7.56. The molecule has 106 valence electrons. The normalized spacial score (nSPS) is 10.3. The molecule has 3 heteroatoms. The van der Waals surface area contributed by atoms with Crippen LogP contribution in [0.5, 0.6) is 11.5 Å². The maximum atomic E-state index is 5.82. The van der Waals surface area contributed by atoms with E-state index in [9.17, 15) is 0 Å². The number of hydrogen-bond donors (Lipinski definition) is 0. The van der Waals surface area contributed by atoms with Gasteiger partial charge in [-0.05, 0) is 42.3 Å². The van der Waals surface area contributed by atoms with Gasteiger partial charge in [-0.15, -0.1) is 0 Å². The van der Waals surface area contributed by atoms with E-state index in [4.69, 9.17) is 9.47 Å². The smallest absolute Gasteiger partial charge is 0.119 e. The molecule has 0 bridgehead atoms. The molecule has 0 N–H and O–H groups in total. The van der Waals surface area contributed by atoms with Crippen LogP contribution in [0.4, 0.5) is 0 Å². The first-order chi connectivity index (χ1) is 9.72. The second kappa shape index (κ2) is 7.34. The summed E-state index contributed by atoms with van der Waals surface area (Å²) in [6.45, 7) is 2.70. The molecular weight excluding hydrogens is 316 g/mol. The third-order valence-electron chi connectivity index (χ3n) is 3.11. The highest BCUT2D eigenvalue weighted by Crippen LogP contribution is 2.24. The van der Waals surface area contributed by atoms with E-state index in [1.165, 1.54) is 5.56 Å². The summed E-state index contributed by atoms with van der Waals surface area (Å²) in [4.78, 5) is 0. The summed E-state index contributed by atoms with van der Waals surface area (Å²) in [5, 5.41) is 0. The van der Waals surface area contributed by atoms with Crippen LogP contribution >= 0.6 is 15.9 Å². The molecule has 0 amide bonds. The first kappa shape index (κ1) is 14.9. The van der Waals surface area contributed by atoms with Gasteiger partial charge in [-0.25, -0.2) is 0 Å². The summed E-state index contributed by atoms with van der Waals surface area (Å²) < 4.78 is 12.1. The molecule has 0 aromatic heterocycles. The Morgan fingerprint density at radius 1 is 1.00 bits per heavy atom. The zero-order valence-corrected chi connectivity index (χ0v) is 13.4. The van der Waals surface area contributed by atoms with Crippen LogP contribution in [0.3, 0.4) is 0 Å². The summed E-state index contributed by atoms with van der Waals surface area (Å²) in [7, 11) is 1.67. The van der Waals surface area contributed by atoms with Crippen molar-refractivity contribution in [2.24, 2.45) is 0 Å². The quantitative estimate of drug-likeness (QED) is 0.740. The fourth-order valence-corrected chi connectivity index (χ4v) is 2.35. The molecule has 0 unspecified atom stereocenters. The molecule has 0 radical (unpaired) electrons. The lowest BCUT2D eigenvalue weighted by Crippen LogP contribution is -1.97. The van der Waals surface area contributed by atoms with Crippen LogP contribution < -0.4 is 9.47 Å². The van der Waals surface area contributed by atoms with Gasteiger partial charge in [0.25, 0.3) is 0 Å². The van der Waals surface area contributed by atoms with E-state index in [-0.39, 0.29) is 0 Å². The van der Waals surface area contributed by atoms with Crippen LogP contribution in [0.1, 0.15) is 24.5 Å². The van der Waals surface area contributed by atoms with Crippen molar-refractivity contribution in [1.29, 1.82) is 0 Å². The molecule has 0 saturated heterocycles. The molecule has 0 aliphatic rings. The Bertz CT molecular complexity index is 549. The number of methoxy groups -OCH3 is 1. The Kier molecular flexibility index (Phi) is 5.48. The van der Waals surface area contributed by atoms with E-state index in [0.29, 0.717) is 6.61 Å². The van der Waals surface area contributed by atoms with Crippen molar-refractivity contribution in [2.75, 3.05) is 7.11 Å². The summed E-state index contributed by atoms with van der Waals surface area (Å²) in [5.41, 5.74) is 2.42. The highest BCUT2D eigenvalue weighted by atomic mass is 79.9. The zero-order valence-electron chi connectivity index (χ0n) is 11.9. The minimum Gasteiger partial charge on any atom is -0.497 e. The highest BCUT2D eigenvalue weighted by Gasteiger charge is 2.03. The maximum Gasteiger partial charge on any atom is 0.119 e. The molecule has 0 saturated carbocycles. The molecule has 2 aromatic rings. The van der Waals surface area contributed by atoms with E-state index in [0.717, 1.165) is 34.4 Å². The predicted molar refractivity (Wildman–Crippen MR) is 85.5 cm³/mol. The third-order valence-corrected chi connectivity index (χ3v) is 3.88. The number of benzene rings is 2. The van der Waals surface area contributed by atoms with Gasteiger partial charge in [-0.1, -0.05) is 41.4 Å². The molecule has 0 heterocycles. The lowest BCUT2D eigenvalue weighted by molar-refractivity contribution is 0.304. The van der Waals surface area contributed by atoms with E-state index >= 15 is 0 Å². The molecule has 0 aliphatic heterocycles. The van der Waals surface area contributed by atoms with E-state index in [2.05, 4.69) is 35.0 Å². The maximum absolute atomic E-state index is 5.82.